The van der Waals surface area contributed by atoms with Gasteiger partial charge in [-0.2, -0.15) is 13.2 Å². The van der Waals surface area contributed by atoms with Crippen molar-refractivity contribution in [2.45, 2.75) is 39.0 Å². The average molecular weight is 428 g/mol. The summed E-state index contributed by atoms with van der Waals surface area (Å²) in [7, 11) is 0. The molecule has 7 heteroatoms. The van der Waals surface area contributed by atoms with Crippen molar-refractivity contribution in [3.8, 4) is 11.1 Å². The van der Waals surface area contributed by atoms with E-state index in [1.807, 2.05) is 37.3 Å². The molecule has 3 rings (SSSR count). The lowest BCUT2D eigenvalue weighted by Crippen LogP contribution is -2.33. The number of alkyl halides is 3. The van der Waals surface area contributed by atoms with Crippen LogP contribution in [0.4, 0.5) is 13.2 Å². The topological polar surface area (TPSA) is 51.1 Å². The van der Waals surface area contributed by atoms with Gasteiger partial charge in [0.2, 0.25) is 0 Å². The number of nitrogens with zero attached hydrogens (tertiary/aromatic N) is 1. The number of rotatable bonds is 7. The predicted octanol–water partition coefficient (Wildman–Crippen LogP) is 5.26. The molecule has 162 valence electrons. The van der Waals surface area contributed by atoms with E-state index in [4.69, 9.17) is 0 Å². The Morgan fingerprint density at radius 3 is 2.29 bits per heavy atom. The molecule has 0 unspecified atom stereocenters. The Balaban J connectivity index is 1.94. The number of carbonyl (C=O) groups is 1. The Hall–Kier alpha value is -3.35. The van der Waals surface area contributed by atoms with Gasteiger partial charge in [-0.25, -0.2) is 0 Å². The maximum absolute atomic E-state index is 12.9. The third kappa shape index (κ3) is 5.63. The fourth-order valence-corrected chi connectivity index (χ4v) is 3.18. The Morgan fingerprint density at radius 1 is 1.00 bits per heavy atom. The molecule has 1 N–H and O–H groups in total. The van der Waals surface area contributed by atoms with E-state index < -0.39 is 23.2 Å². The monoisotopic (exact) mass is 428 g/mol. The number of amides is 1. The highest BCUT2D eigenvalue weighted by Crippen LogP contribution is 2.31. The van der Waals surface area contributed by atoms with Crippen molar-refractivity contribution >= 4 is 5.91 Å². The van der Waals surface area contributed by atoms with Crippen LogP contribution in [-0.2, 0) is 19.3 Å². The van der Waals surface area contributed by atoms with Crippen LogP contribution in [0.25, 0.3) is 11.1 Å². The van der Waals surface area contributed by atoms with Crippen molar-refractivity contribution in [1.82, 2.24) is 9.88 Å². The van der Waals surface area contributed by atoms with Crippen LogP contribution in [0.3, 0.4) is 0 Å². The van der Waals surface area contributed by atoms with E-state index in [9.17, 15) is 22.8 Å². The molecule has 0 saturated heterocycles. The number of unbranched alkanes of at least 4 members (excludes halogenated alkanes) is 1. The molecule has 0 atom stereocenters. The summed E-state index contributed by atoms with van der Waals surface area (Å²) in [5.41, 5.74) is 0.682. The molecule has 3 aromatic rings. The summed E-state index contributed by atoms with van der Waals surface area (Å²) in [6.07, 6.45) is -1.25. The fraction of sp³-hybridized carbons (Fsp3) is 0.250. The average Bonchev–Trinajstić information content (AvgIpc) is 2.77. The van der Waals surface area contributed by atoms with Gasteiger partial charge in [-0.15, -0.1) is 0 Å². The quantitative estimate of drug-likeness (QED) is 0.558. The predicted molar refractivity (Wildman–Crippen MR) is 114 cm³/mol. The smallest absolute Gasteiger partial charge is 0.348 e. The molecule has 0 aliphatic heterocycles. The van der Waals surface area contributed by atoms with Gasteiger partial charge in [-0.3, -0.25) is 9.59 Å². The fourth-order valence-electron chi connectivity index (χ4n) is 3.18. The van der Waals surface area contributed by atoms with Gasteiger partial charge < -0.3 is 9.88 Å². The molecule has 0 saturated carbocycles. The summed E-state index contributed by atoms with van der Waals surface area (Å²) in [6, 6.07) is 15.4. The van der Waals surface area contributed by atoms with E-state index >= 15 is 0 Å². The summed E-state index contributed by atoms with van der Waals surface area (Å²) in [5, 5.41) is 2.75. The minimum atomic E-state index is -4.43. The number of benzene rings is 2. The van der Waals surface area contributed by atoms with E-state index in [1.54, 1.807) is 6.20 Å². The van der Waals surface area contributed by atoms with E-state index in [0.29, 0.717) is 17.7 Å². The Labute approximate surface area is 178 Å². The molecule has 0 aliphatic rings. The normalized spacial score (nSPS) is 11.4. The van der Waals surface area contributed by atoms with E-state index in [1.165, 1.54) is 22.8 Å². The summed E-state index contributed by atoms with van der Waals surface area (Å²) < 4.78 is 40.1. The van der Waals surface area contributed by atoms with Crippen LogP contribution in [0.1, 0.15) is 41.3 Å². The molecule has 0 spiro atoms. The van der Waals surface area contributed by atoms with Crippen molar-refractivity contribution in [3.05, 3.63) is 93.9 Å². The lowest BCUT2D eigenvalue weighted by atomic mass is 10.0. The second-order valence-electron chi connectivity index (χ2n) is 7.24. The number of hydrogen-bond acceptors (Lipinski definition) is 2. The summed E-state index contributed by atoms with van der Waals surface area (Å²) in [5.74, 6) is -0.520. The molecule has 1 heterocycles. The van der Waals surface area contributed by atoms with Gasteiger partial charge in [0.1, 0.15) is 5.56 Å². The minimum absolute atomic E-state index is 0.0376. The van der Waals surface area contributed by atoms with Crippen LogP contribution in [0.2, 0.25) is 0 Å². The van der Waals surface area contributed by atoms with Crippen molar-refractivity contribution in [2.75, 3.05) is 0 Å². The maximum atomic E-state index is 12.9. The Kier molecular flexibility index (Phi) is 6.95. The summed E-state index contributed by atoms with van der Waals surface area (Å²) in [6.45, 7) is 2.67. The zero-order valence-electron chi connectivity index (χ0n) is 17.1. The molecule has 0 radical (unpaired) electrons. The zero-order valence-corrected chi connectivity index (χ0v) is 17.1. The third-order valence-corrected chi connectivity index (χ3v) is 4.92. The number of carbonyl (C=O) groups excluding carboxylic acids is 1. The first-order valence-electron chi connectivity index (χ1n) is 10.0. The van der Waals surface area contributed by atoms with Crippen LogP contribution in [0.5, 0.6) is 0 Å². The van der Waals surface area contributed by atoms with Crippen LogP contribution in [0, 0.1) is 0 Å². The first-order valence-corrected chi connectivity index (χ1v) is 10.0. The molecule has 0 aliphatic carbocycles. The van der Waals surface area contributed by atoms with Gasteiger partial charge in [0.25, 0.3) is 11.5 Å². The van der Waals surface area contributed by atoms with E-state index in [-0.39, 0.29) is 12.1 Å². The number of aryl methyl sites for hydroxylation is 1. The molecular formula is C24H23F3N2O2. The first kappa shape index (κ1) is 22.3. The number of halogens is 3. The second-order valence-corrected chi connectivity index (χ2v) is 7.24. The molecule has 0 fully saturated rings. The maximum Gasteiger partial charge on any atom is 0.416 e. The van der Waals surface area contributed by atoms with Crippen LogP contribution >= 0.6 is 0 Å². The molecule has 2 aromatic carbocycles. The van der Waals surface area contributed by atoms with Gasteiger partial charge in [-0.1, -0.05) is 55.8 Å². The largest absolute Gasteiger partial charge is 0.416 e. The molecular weight excluding hydrogens is 405 g/mol. The number of aromatic nitrogens is 1. The van der Waals surface area contributed by atoms with Crippen LogP contribution in [0.15, 0.2) is 71.7 Å². The molecule has 1 aromatic heterocycles. The van der Waals surface area contributed by atoms with Gasteiger partial charge >= 0.3 is 6.18 Å². The van der Waals surface area contributed by atoms with Crippen LogP contribution < -0.4 is 10.9 Å². The van der Waals surface area contributed by atoms with E-state index in [0.717, 1.165) is 30.5 Å². The second kappa shape index (κ2) is 9.64. The third-order valence-electron chi connectivity index (χ3n) is 4.92. The van der Waals surface area contributed by atoms with Crippen molar-refractivity contribution in [3.63, 3.8) is 0 Å². The van der Waals surface area contributed by atoms with Crippen LogP contribution in [-0.4, -0.2) is 10.5 Å². The zero-order chi connectivity index (χ0) is 22.4. The number of hydrogen-bond donors (Lipinski definition) is 1. The van der Waals surface area contributed by atoms with Gasteiger partial charge in [0.15, 0.2) is 0 Å². The Morgan fingerprint density at radius 2 is 1.68 bits per heavy atom. The lowest BCUT2D eigenvalue weighted by Gasteiger charge is -2.13. The van der Waals surface area contributed by atoms with Gasteiger partial charge in [0, 0.05) is 19.3 Å². The van der Waals surface area contributed by atoms with Gasteiger partial charge in [-0.05, 0) is 41.3 Å². The first-order chi connectivity index (χ1) is 14.8. The van der Waals surface area contributed by atoms with Crippen molar-refractivity contribution in [2.24, 2.45) is 0 Å². The number of nitrogens with one attached hydrogen (secondary N) is 1. The number of pyridine rings is 1. The lowest BCUT2D eigenvalue weighted by molar-refractivity contribution is -0.137. The Bertz CT molecular complexity index is 1090. The molecule has 0 bridgehead atoms. The summed E-state index contributed by atoms with van der Waals surface area (Å²) in [4.78, 5) is 25.6. The van der Waals surface area contributed by atoms with Gasteiger partial charge in [0.05, 0.1) is 5.56 Å². The van der Waals surface area contributed by atoms with Crippen molar-refractivity contribution < 1.29 is 18.0 Å². The molecule has 31 heavy (non-hydrogen) atoms. The standard InChI is InChI=1S/C24H23F3N2O2/c1-2-3-13-29-16-19(18-9-11-20(12-10-18)24(25,26)27)14-21(23(29)31)22(30)28-15-17-7-5-4-6-8-17/h4-12,14,16H,2-3,13,15H2,1H3,(H,28,30). The highest BCUT2D eigenvalue weighted by atomic mass is 19.4. The minimum Gasteiger partial charge on any atom is -0.348 e. The summed E-state index contributed by atoms with van der Waals surface area (Å²) >= 11 is 0. The molecule has 4 nitrogen and oxygen atoms in total. The highest BCUT2D eigenvalue weighted by molar-refractivity contribution is 5.95. The van der Waals surface area contributed by atoms with E-state index in [2.05, 4.69) is 5.32 Å². The van der Waals surface area contributed by atoms with Crippen molar-refractivity contribution in [1.29, 1.82) is 0 Å². The highest BCUT2D eigenvalue weighted by Gasteiger charge is 2.30. The molecule has 1 amide bonds. The SMILES string of the molecule is CCCCn1cc(-c2ccc(C(F)(F)F)cc2)cc(C(=O)NCc2ccccc2)c1=O.